The molecule has 0 fully saturated rings. The summed E-state index contributed by atoms with van der Waals surface area (Å²) in [6, 6.07) is 1.68. The van der Waals surface area contributed by atoms with Gasteiger partial charge in [-0.05, 0) is 0 Å². The highest BCUT2D eigenvalue weighted by Gasteiger charge is 2.08. The minimum Gasteiger partial charge on any atom is -0.372 e. The molecular formula is C10H11N5O2. The second-order valence-electron chi connectivity index (χ2n) is 3.21. The molecule has 2 heterocycles. The average molecular weight is 233 g/mol. The van der Waals surface area contributed by atoms with E-state index in [0.717, 1.165) is 0 Å². The smallest absolute Gasteiger partial charge is 0.271 e. The summed E-state index contributed by atoms with van der Waals surface area (Å²) in [4.78, 5) is 19.6. The predicted octanol–water partition coefficient (Wildman–Crippen LogP) is 0.436. The zero-order valence-electron chi connectivity index (χ0n) is 9.17. The van der Waals surface area contributed by atoms with Gasteiger partial charge in [-0.2, -0.15) is 0 Å². The van der Waals surface area contributed by atoms with E-state index in [1.165, 1.54) is 18.7 Å². The Bertz CT molecular complexity index is 480. The monoisotopic (exact) mass is 233 g/mol. The van der Waals surface area contributed by atoms with Crippen LogP contribution < -0.4 is 10.6 Å². The Balaban J connectivity index is 1.95. The van der Waals surface area contributed by atoms with E-state index in [-0.39, 0.29) is 11.6 Å². The summed E-state index contributed by atoms with van der Waals surface area (Å²) in [5.41, 5.74) is 0.908. The summed E-state index contributed by atoms with van der Waals surface area (Å²) >= 11 is 0. The van der Waals surface area contributed by atoms with E-state index in [4.69, 9.17) is 0 Å². The van der Waals surface area contributed by atoms with Gasteiger partial charge in [0.1, 0.15) is 23.5 Å². The number of nitrogens with zero attached hydrogens (tertiary/aromatic N) is 3. The van der Waals surface area contributed by atoms with Crippen molar-refractivity contribution in [3.8, 4) is 0 Å². The molecule has 0 radical (unpaired) electrons. The number of hydrogen-bond acceptors (Lipinski definition) is 6. The second-order valence-corrected chi connectivity index (χ2v) is 3.21. The van der Waals surface area contributed by atoms with Gasteiger partial charge in [-0.25, -0.2) is 9.97 Å². The zero-order valence-corrected chi connectivity index (χ0v) is 9.17. The highest BCUT2D eigenvalue weighted by molar-refractivity contribution is 5.91. The maximum absolute atomic E-state index is 11.6. The Kier molecular flexibility index (Phi) is 3.29. The number of anilines is 1. The van der Waals surface area contributed by atoms with Crippen LogP contribution in [0.4, 0.5) is 5.82 Å². The molecular weight excluding hydrogens is 222 g/mol. The van der Waals surface area contributed by atoms with Gasteiger partial charge in [-0.15, -0.1) is 0 Å². The minimum atomic E-state index is -0.303. The lowest BCUT2D eigenvalue weighted by atomic mass is 10.4. The Morgan fingerprint density at radius 3 is 2.88 bits per heavy atom. The van der Waals surface area contributed by atoms with Gasteiger partial charge in [0.15, 0.2) is 0 Å². The fraction of sp³-hybridized carbons (Fsp3) is 0.200. The maximum Gasteiger partial charge on any atom is 0.271 e. The van der Waals surface area contributed by atoms with Crippen molar-refractivity contribution >= 4 is 11.7 Å². The van der Waals surface area contributed by atoms with Crippen molar-refractivity contribution in [1.29, 1.82) is 0 Å². The summed E-state index contributed by atoms with van der Waals surface area (Å²) in [6.07, 6.45) is 4.35. The van der Waals surface area contributed by atoms with Crippen molar-refractivity contribution in [2.24, 2.45) is 0 Å². The highest BCUT2D eigenvalue weighted by Crippen LogP contribution is 2.00. The first-order valence-corrected chi connectivity index (χ1v) is 4.97. The Labute approximate surface area is 97.2 Å². The first-order chi connectivity index (χ1) is 8.29. The van der Waals surface area contributed by atoms with Crippen LogP contribution in [0.1, 0.15) is 16.2 Å². The van der Waals surface area contributed by atoms with E-state index >= 15 is 0 Å². The predicted molar refractivity (Wildman–Crippen MR) is 59.3 cm³/mol. The zero-order chi connectivity index (χ0) is 12.1. The van der Waals surface area contributed by atoms with Gasteiger partial charge >= 0.3 is 0 Å². The standard InChI is InChI=1S/C10H11N5O2/c1-11-9-6-12-8(5-13-9)10(16)14-4-7-2-3-17-15-7/h2-3,5-6H,4H2,1H3,(H,11,13)(H,14,16). The molecule has 0 aliphatic heterocycles. The number of rotatable bonds is 4. The lowest BCUT2D eigenvalue weighted by molar-refractivity contribution is 0.0944. The Morgan fingerprint density at radius 1 is 1.41 bits per heavy atom. The molecule has 0 aromatic carbocycles. The van der Waals surface area contributed by atoms with Crippen LogP contribution in [-0.2, 0) is 6.54 Å². The molecule has 7 heteroatoms. The van der Waals surface area contributed by atoms with Gasteiger partial charge in [0.25, 0.3) is 5.91 Å². The van der Waals surface area contributed by atoms with Crippen molar-refractivity contribution in [3.63, 3.8) is 0 Å². The molecule has 0 unspecified atom stereocenters. The molecule has 0 bridgehead atoms. The van der Waals surface area contributed by atoms with Crippen molar-refractivity contribution in [2.45, 2.75) is 6.54 Å². The van der Waals surface area contributed by atoms with Gasteiger partial charge in [0.2, 0.25) is 0 Å². The molecule has 2 aromatic rings. The molecule has 7 nitrogen and oxygen atoms in total. The van der Waals surface area contributed by atoms with Crippen LogP contribution in [0, 0.1) is 0 Å². The molecule has 0 aliphatic carbocycles. The summed E-state index contributed by atoms with van der Waals surface area (Å²) in [6.45, 7) is 0.296. The summed E-state index contributed by atoms with van der Waals surface area (Å²) in [5.74, 6) is 0.307. The van der Waals surface area contributed by atoms with Crippen LogP contribution in [0.5, 0.6) is 0 Å². The lowest BCUT2D eigenvalue weighted by Crippen LogP contribution is -2.24. The molecule has 0 saturated carbocycles. The third-order valence-electron chi connectivity index (χ3n) is 2.06. The molecule has 2 N–H and O–H groups in total. The molecule has 0 saturated heterocycles. The average Bonchev–Trinajstić information content (AvgIpc) is 2.89. The van der Waals surface area contributed by atoms with Crippen LogP contribution in [0.25, 0.3) is 0 Å². The number of aromatic nitrogens is 3. The van der Waals surface area contributed by atoms with E-state index in [9.17, 15) is 4.79 Å². The lowest BCUT2D eigenvalue weighted by Gasteiger charge is -2.02. The summed E-state index contributed by atoms with van der Waals surface area (Å²) < 4.78 is 4.65. The second kappa shape index (κ2) is 5.06. The van der Waals surface area contributed by atoms with Crippen molar-refractivity contribution < 1.29 is 9.32 Å². The van der Waals surface area contributed by atoms with E-state index in [2.05, 4.69) is 30.3 Å². The summed E-state index contributed by atoms with van der Waals surface area (Å²) in [7, 11) is 1.73. The van der Waals surface area contributed by atoms with Crippen molar-refractivity contribution in [1.82, 2.24) is 20.4 Å². The molecule has 0 spiro atoms. The van der Waals surface area contributed by atoms with Gasteiger partial charge in [0.05, 0.1) is 18.9 Å². The van der Waals surface area contributed by atoms with E-state index < -0.39 is 0 Å². The third kappa shape index (κ3) is 2.77. The number of carbonyl (C=O) groups excluding carboxylic acids is 1. The van der Waals surface area contributed by atoms with E-state index in [1.807, 2.05) is 0 Å². The first-order valence-electron chi connectivity index (χ1n) is 4.97. The molecule has 0 atom stereocenters. The van der Waals surface area contributed by atoms with Gasteiger partial charge in [0, 0.05) is 13.1 Å². The molecule has 2 aromatic heterocycles. The highest BCUT2D eigenvalue weighted by atomic mass is 16.5. The van der Waals surface area contributed by atoms with E-state index in [1.54, 1.807) is 13.1 Å². The minimum absolute atomic E-state index is 0.257. The van der Waals surface area contributed by atoms with Crippen molar-refractivity contribution in [2.75, 3.05) is 12.4 Å². The SMILES string of the molecule is CNc1cnc(C(=O)NCc2ccon2)cn1. The fourth-order valence-electron chi connectivity index (χ4n) is 1.16. The van der Waals surface area contributed by atoms with Gasteiger partial charge < -0.3 is 15.2 Å². The number of nitrogens with one attached hydrogen (secondary N) is 2. The van der Waals surface area contributed by atoms with Crippen LogP contribution >= 0.6 is 0 Å². The molecule has 2 rings (SSSR count). The molecule has 17 heavy (non-hydrogen) atoms. The van der Waals surface area contributed by atoms with Gasteiger partial charge in [-0.1, -0.05) is 5.16 Å². The quantitative estimate of drug-likeness (QED) is 0.795. The van der Waals surface area contributed by atoms with Crippen LogP contribution in [0.2, 0.25) is 0 Å². The number of hydrogen-bond donors (Lipinski definition) is 2. The number of amides is 1. The Hall–Kier alpha value is -2.44. The fourth-order valence-corrected chi connectivity index (χ4v) is 1.16. The summed E-state index contributed by atoms with van der Waals surface area (Å²) in [5, 5.41) is 9.15. The first kappa shape index (κ1) is 11.1. The van der Waals surface area contributed by atoms with Crippen molar-refractivity contribution in [3.05, 3.63) is 36.1 Å². The van der Waals surface area contributed by atoms with Crippen LogP contribution in [0.3, 0.4) is 0 Å². The maximum atomic E-state index is 11.6. The molecule has 88 valence electrons. The topological polar surface area (TPSA) is 92.9 Å². The largest absolute Gasteiger partial charge is 0.372 e. The third-order valence-corrected chi connectivity index (χ3v) is 2.06. The van der Waals surface area contributed by atoms with E-state index in [0.29, 0.717) is 18.1 Å². The molecule has 1 amide bonds. The van der Waals surface area contributed by atoms with Gasteiger partial charge in [-0.3, -0.25) is 4.79 Å². The normalized spacial score (nSPS) is 9.94. The molecule has 0 aliphatic rings. The number of carbonyl (C=O) groups is 1. The van der Waals surface area contributed by atoms with Crippen LogP contribution in [0.15, 0.2) is 29.2 Å². The van der Waals surface area contributed by atoms with Crippen LogP contribution in [-0.4, -0.2) is 28.1 Å². The Morgan fingerprint density at radius 2 is 2.29 bits per heavy atom.